The van der Waals surface area contributed by atoms with E-state index in [9.17, 15) is 4.79 Å². The fraction of sp³-hybridized carbons (Fsp3) is 0.421. The smallest absolute Gasteiger partial charge is 0.261 e. The lowest BCUT2D eigenvalue weighted by Gasteiger charge is -2.32. The SMILES string of the molecule is Cc1cc(OC2CCN(CCNC(=O)c3cccs3)CC2)ccc1Cl. The van der Waals surface area contributed by atoms with Crippen molar-refractivity contribution in [3.05, 3.63) is 51.2 Å². The number of nitrogens with zero attached hydrogens (tertiary/aromatic N) is 1. The van der Waals surface area contributed by atoms with Gasteiger partial charge in [-0.1, -0.05) is 17.7 Å². The number of piperidine rings is 1. The predicted molar refractivity (Wildman–Crippen MR) is 103 cm³/mol. The van der Waals surface area contributed by atoms with E-state index >= 15 is 0 Å². The number of amides is 1. The number of halogens is 1. The molecule has 3 rings (SSSR count). The summed E-state index contributed by atoms with van der Waals surface area (Å²) in [6.45, 7) is 5.53. The summed E-state index contributed by atoms with van der Waals surface area (Å²) < 4.78 is 6.08. The van der Waals surface area contributed by atoms with Crippen molar-refractivity contribution in [2.24, 2.45) is 0 Å². The van der Waals surface area contributed by atoms with E-state index in [4.69, 9.17) is 16.3 Å². The average Bonchev–Trinajstić information content (AvgIpc) is 3.14. The van der Waals surface area contributed by atoms with Crippen LogP contribution in [0.25, 0.3) is 0 Å². The Morgan fingerprint density at radius 2 is 2.16 bits per heavy atom. The zero-order valence-corrected chi connectivity index (χ0v) is 15.9. The Labute approximate surface area is 157 Å². The lowest BCUT2D eigenvalue weighted by molar-refractivity contribution is 0.0908. The molecule has 1 fully saturated rings. The average molecular weight is 379 g/mol. The van der Waals surface area contributed by atoms with Crippen LogP contribution in [0, 0.1) is 6.92 Å². The van der Waals surface area contributed by atoms with E-state index in [0.29, 0.717) is 6.54 Å². The van der Waals surface area contributed by atoms with Gasteiger partial charge in [0.15, 0.2) is 0 Å². The van der Waals surface area contributed by atoms with Gasteiger partial charge in [0.25, 0.3) is 5.91 Å². The molecule has 0 aliphatic carbocycles. The molecular formula is C19H23ClN2O2S. The molecule has 0 unspecified atom stereocenters. The van der Waals surface area contributed by atoms with Crippen molar-refractivity contribution in [2.45, 2.75) is 25.9 Å². The minimum atomic E-state index is 0.0197. The Hall–Kier alpha value is -1.56. The molecule has 1 aliphatic heterocycles. The zero-order chi connectivity index (χ0) is 17.6. The monoisotopic (exact) mass is 378 g/mol. The molecule has 1 aromatic heterocycles. The number of ether oxygens (including phenoxy) is 1. The first-order valence-corrected chi connectivity index (χ1v) is 9.84. The first-order valence-electron chi connectivity index (χ1n) is 8.58. The normalized spacial score (nSPS) is 15.9. The summed E-state index contributed by atoms with van der Waals surface area (Å²) >= 11 is 7.52. The number of benzene rings is 1. The van der Waals surface area contributed by atoms with E-state index in [2.05, 4.69) is 10.2 Å². The number of rotatable bonds is 6. The maximum Gasteiger partial charge on any atom is 0.261 e. The summed E-state index contributed by atoms with van der Waals surface area (Å²) in [5, 5.41) is 5.67. The topological polar surface area (TPSA) is 41.6 Å². The van der Waals surface area contributed by atoms with E-state index < -0.39 is 0 Å². The van der Waals surface area contributed by atoms with Gasteiger partial charge < -0.3 is 15.0 Å². The van der Waals surface area contributed by atoms with Gasteiger partial charge in [-0.2, -0.15) is 0 Å². The molecule has 1 N–H and O–H groups in total. The number of carbonyl (C=O) groups excluding carboxylic acids is 1. The summed E-state index contributed by atoms with van der Waals surface area (Å²) in [6.07, 6.45) is 2.25. The lowest BCUT2D eigenvalue weighted by Crippen LogP contribution is -2.42. The van der Waals surface area contributed by atoms with Gasteiger partial charge in [0.1, 0.15) is 11.9 Å². The second kappa shape index (κ2) is 8.70. The molecule has 0 saturated carbocycles. The summed E-state index contributed by atoms with van der Waals surface area (Å²) in [5.41, 5.74) is 1.04. The second-order valence-electron chi connectivity index (χ2n) is 6.30. The molecule has 0 bridgehead atoms. The van der Waals surface area contributed by atoms with Crippen molar-refractivity contribution in [2.75, 3.05) is 26.2 Å². The molecule has 4 nitrogen and oxygen atoms in total. The minimum absolute atomic E-state index is 0.0197. The molecule has 0 atom stereocenters. The van der Waals surface area contributed by atoms with Crippen molar-refractivity contribution in [3.8, 4) is 5.75 Å². The summed E-state index contributed by atoms with van der Waals surface area (Å²) in [7, 11) is 0. The van der Waals surface area contributed by atoms with Crippen molar-refractivity contribution < 1.29 is 9.53 Å². The highest BCUT2D eigenvalue weighted by Gasteiger charge is 2.20. The Morgan fingerprint density at radius 1 is 1.36 bits per heavy atom. The molecule has 1 aliphatic rings. The molecule has 1 saturated heterocycles. The number of thiophene rings is 1. The predicted octanol–water partition coefficient (Wildman–Crippen LogP) is 3.98. The standard InChI is InChI=1S/C19H23ClN2O2S/c1-14-13-16(4-5-17(14)20)24-15-6-9-22(10-7-15)11-8-21-19(23)18-3-2-12-25-18/h2-5,12-13,15H,6-11H2,1H3,(H,21,23). The highest BCUT2D eigenvalue weighted by molar-refractivity contribution is 7.12. The fourth-order valence-corrected chi connectivity index (χ4v) is 3.71. The summed E-state index contributed by atoms with van der Waals surface area (Å²) in [5.74, 6) is 0.912. The Balaban J connectivity index is 1.37. The Bertz CT molecular complexity index is 697. The van der Waals surface area contributed by atoms with Gasteiger partial charge in [-0.3, -0.25) is 4.79 Å². The molecule has 2 aromatic rings. The van der Waals surface area contributed by atoms with Crippen LogP contribution in [-0.2, 0) is 0 Å². The lowest BCUT2D eigenvalue weighted by atomic mass is 10.1. The summed E-state index contributed by atoms with van der Waals surface area (Å²) in [6, 6.07) is 9.56. The van der Waals surface area contributed by atoms with E-state index in [1.165, 1.54) is 11.3 Å². The molecule has 25 heavy (non-hydrogen) atoms. The highest BCUT2D eigenvalue weighted by Crippen LogP contribution is 2.24. The Kier molecular flexibility index (Phi) is 6.34. The second-order valence-corrected chi connectivity index (χ2v) is 7.66. The zero-order valence-electron chi connectivity index (χ0n) is 14.3. The number of hydrogen-bond donors (Lipinski definition) is 1. The van der Waals surface area contributed by atoms with Crippen LogP contribution in [0.1, 0.15) is 28.1 Å². The van der Waals surface area contributed by atoms with E-state index in [1.807, 2.05) is 42.6 Å². The first-order chi connectivity index (χ1) is 12.1. The third-order valence-corrected chi connectivity index (χ3v) is 5.72. The largest absolute Gasteiger partial charge is 0.490 e. The maximum atomic E-state index is 11.9. The molecule has 2 heterocycles. The third kappa shape index (κ3) is 5.21. The van der Waals surface area contributed by atoms with Crippen molar-refractivity contribution >= 4 is 28.8 Å². The van der Waals surface area contributed by atoms with Crippen LogP contribution in [0.3, 0.4) is 0 Å². The van der Waals surface area contributed by atoms with Crippen LogP contribution in [0.15, 0.2) is 35.7 Å². The molecule has 6 heteroatoms. The van der Waals surface area contributed by atoms with Gasteiger partial charge in [0.05, 0.1) is 4.88 Å². The van der Waals surface area contributed by atoms with Crippen LogP contribution in [0.5, 0.6) is 5.75 Å². The van der Waals surface area contributed by atoms with Gasteiger partial charge in [0.2, 0.25) is 0 Å². The van der Waals surface area contributed by atoms with E-state index in [-0.39, 0.29) is 12.0 Å². The van der Waals surface area contributed by atoms with Gasteiger partial charge in [-0.05, 0) is 55.0 Å². The van der Waals surface area contributed by atoms with Crippen LogP contribution < -0.4 is 10.1 Å². The molecule has 1 aromatic carbocycles. The number of likely N-dealkylation sites (tertiary alicyclic amines) is 1. The third-order valence-electron chi connectivity index (χ3n) is 4.43. The van der Waals surface area contributed by atoms with Gasteiger partial charge in [-0.25, -0.2) is 0 Å². The van der Waals surface area contributed by atoms with Crippen LogP contribution in [0.4, 0.5) is 0 Å². The molecule has 0 radical (unpaired) electrons. The van der Waals surface area contributed by atoms with Gasteiger partial charge in [0, 0.05) is 31.2 Å². The molecule has 134 valence electrons. The molecular weight excluding hydrogens is 356 g/mol. The van der Waals surface area contributed by atoms with Crippen LogP contribution >= 0.6 is 22.9 Å². The fourth-order valence-electron chi connectivity index (χ4n) is 2.96. The quantitative estimate of drug-likeness (QED) is 0.826. The highest BCUT2D eigenvalue weighted by atomic mass is 35.5. The summed E-state index contributed by atoms with van der Waals surface area (Å²) in [4.78, 5) is 15.1. The minimum Gasteiger partial charge on any atom is -0.490 e. The van der Waals surface area contributed by atoms with Crippen molar-refractivity contribution in [1.82, 2.24) is 10.2 Å². The van der Waals surface area contributed by atoms with Gasteiger partial charge >= 0.3 is 0 Å². The molecule has 0 spiro atoms. The van der Waals surface area contributed by atoms with Gasteiger partial charge in [-0.15, -0.1) is 11.3 Å². The first kappa shape index (κ1) is 18.2. The maximum absolute atomic E-state index is 11.9. The Morgan fingerprint density at radius 3 is 2.84 bits per heavy atom. The van der Waals surface area contributed by atoms with Crippen molar-refractivity contribution in [3.63, 3.8) is 0 Å². The number of aryl methyl sites for hydroxylation is 1. The number of hydrogen-bond acceptors (Lipinski definition) is 4. The van der Waals surface area contributed by atoms with Crippen molar-refractivity contribution in [1.29, 1.82) is 0 Å². The van der Waals surface area contributed by atoms with E-state index in [1.54, 1.807) is 0 Å². The molecule has 1 amide bonds. The number of nitrogens with one attached hydrogen (secondary N) is 1. The van der Waals surface area contributed by atoms with E-state index in [0.717, 1.165) is 53.7 Å². The number of carbonyl (C=O) groups is 1. The van der Waals surface area contributed by atoms with Crippen LogP contribution in [-0.4, -0.2) is 43.1 Å². The van der Waals surface area contributed by atoms with Crippen LogP contribution in [0.2, 0.25) is 5.02 Å².